The maximum atomic E-state index is 14.7. The molecule has 1 unspecified atom stereocenters. The van der Waals surface area contributed by atoms with Crippen LogP contribution in [0.4, 0.5) is 0 Å². The minimum atomic E-state index is -1.08. The van der Waals surface area contributed by atoms with Crippen molar-refractivity contribution in [2.24, 2.45) is 0 Å². The molecule has 1 aliphatic heterocycles. The van der Waals surface area contributed by atoms with E-state index in [1.807, 2.05) is 69.5 Å². The molecular formula is C34H35ClN4O4S. The van der Waals surface area contributed by atoms with Crippen LogP contribution in [0.1, 0.15) is 54.9 Å². The van der Waals surface area contributed by atoms with E-state index in [-0.39, 0.29) is 29.8 Å². The van der Waals surface area contributed by atoms with Gasteiger partial charge in [0, 0.05) is 35.6 Å². The second-order valence-corrected chi connectivity index (χ2v) is 12.2. The van der Waals surface area contributed by atoms with Crippen molar-refractivity contribution in [2.75, 3.05) is 19.6 Å². The Morgan fingerprint density at radius 3 is 2.41 bits per heavy atom. The number of aryl methyl sites for hydroxylation is 2. The zero-order chi connectivity index (χ0) is 31.5. The molecule has 1 fully saturated rings. The second kappa shape index (κ2) is 13.3. The summed E-state index contributed by atoms with van der Waals surface area (Å²) in [6.07, 6.45) is 3.19. The van der Waals surface area contributed by atoms with E-state index in [0.717, 1.165) is 28.0 Å². The predicted molar refractivity (Wildman–Crippen MR) is 177 cm³/mol. The van der Waals surface area contributed by atoms with Crippen LogP contribution >= 0.6 is 22.9 Å². The molecule has 228 valence electrons. The minimum Gasteiger partial charge on any atom is -0.480 e. The van der Waals surface area contributed by atoms with Gasteiger partial charge in [-0.25, -0.2) is 9.78 Å². The fraction of sp³-hybridized carbons (Fsp3) is 0.294. The van der Waals surface area contributed by atoms with Crippen LogP contribution in [-0.2, 0) is 17.6 Å². The molecule has 1 saturated heterocycles. The Hall–Kier alpha value is -4.05. The number of pyridine rings is 1. The quantitative estimate of drug-likeness (QED) is 0.236. The minimum absolute atomic E-state index is 0.140. The summed E-state index contributed by atoms with van der Waals surface area (Å²) in [4.78, 5) is 47.5. The average Bonchev–Trinajstić information content (AvgIpc) is 3.51. The molecule has 2 aromatic heterocycles. The summed E-state index contributed by atoms with van der Waals surface area (Å²) in [7, 11) is 0. The van der Waals surface area contributed by atoms with E-state index in [9.17, 15) is 19.5 Å². The first-order valence-electron chi connectivity index (χ1n) is 14.7. The van der Waals surface area contributed by atoms with E-state index in [4.69, 9.17) is 16.6 Å². The smallest absolute Gasteiger partial charge is 0.327 e. The molecule has 0 bridgehead atoms. The number of carbonyl (C=O) groups is 2. The monoisotopic (exact) mass is 630 g/mol. The molecule has 44 heavy (non-hydrogen) atoms. The highest BCUT2D eigenvalue weighted by molar-refractivity contribution is 7.13. The van der Waals surface area contributed by atoms with E-state index < -0.39 is 17.9 Å². The maximum absolute atomic E-state index is 14.7. The fourth-order valence-corrected chi connectivity index (χ4v) is 6.53. The summed E-state index contributed by atoms with van der Waals surface area (Å²) in [5.41, 5.74) is 5.78. The fourth-order valence-electron chi connectivity index (χ4n) is 5.57. The number of allylic oxidation sites excluding steroid dienone is 1. The molecule has 0 saturated carbocycles. The zero-order valence-corrected chi connectivity index (χ0v) is 26.8. The van der Waals surface area contributed by atoms with Crippen molar-refractivity contribution in [1.82, 2.24) is 19.8 Å². The molecule has 1 atom stereocenters. The Bertz CT molecular complexity index is 1780. The molecule has 8 nitrogen and oxygen atoms in total. The number of carbonyl (C=O) groups excluding carboxylic acids is 1. The number of thiazole rings is 1. The molecule has 0 radical (unpaired) electrons. The molecule has 1 amide bonds. The van der Waals surface area contributed by atoms with E-state index in [1.165, 1.54) is 16.2 Å². The molecule has 10 heteroatoms. The van der Waals surface area contributed by atoms with Crippen LogP contribution in [0.5, 0.6) is 0 Å². The van der Waals surface area contributed by atoms with E-state index in [2.05, 4.69) is 5.32 Å². The van der Waals surface area contributed by atoms with Crippen LogP contribution in [0.25, 0.3) is 33.6 Å². The number of para-hydroxylation sites is 1. The van der Waals surface area contributed by atoms with Crippen LogP contribution in [0.2, 0.25) is 5.02 Å². The molecule has 5 rings (SSSR count). The number of carboxylic acids is 1. The van der Waals surface area contributed by atoms with Crippen LogP contribution in [-0.4, -0.2) is 57.1 Å². The Morgan fingerprint density at radius 1 is 1.11 bits per heavy atom. The number of hydrogen-bond donors (Lipinski definition) is 2. The molecular weight excluding hydrogens is 596 g/mol. The Labute approximate surface area is 265 Å². The van der Waals surface area contributed by atoms with Crippen LogP contribution in [0.15, 0.2) is 64.3 Å². The number of nitrogens with one attached hydrogen (secondary N) is 1. The highest BCUT2D eigenvalue weighted by Gasteiger charge is 2.35. The summed E-state index contributed by atoms with van der Waals surface area (Å²) in [5.74, 6) is -1.53. The zero-order valence-electron chi connectivity index (χ0n) is 25.2. The number of benzene rings is 2. The molecule has 2 N–H and O–H groups in total. The van der Waals surface area contributed by atoms with Gasteiger partial charge >= 0.3 is 5.97 Å². The van der Waals surface area contributed by atoms with Crippen molar-refractivity contribution in [1.29, 1.82) is 0 Å². The van der Waals surface area contributed by atoms with Gasteiger partial charge in [-0.1, -0.05) is 61.4 Å². The summed E-state index contributed by atoms with van der Waals surface area (Å²) in [5, 5.41) is 16.0. The van der Waals surface area contributed by atoms with Gasteiger partial charge in [0.1, 0.15) is 11.0 Å². The highest BCUT2D eigenvalue weighted by atomic mass is 35.5. The van der Waals surface area contributed by atoms with Crippen LogP contribution in [0.3, 0.4) is 0 Å². The number of piperazine rings is 1. The lowest BCUT2D eigenvalue weighted by molar-refractivity contribution is -0.142. The van der Waals surface area contributed by atoms with Crippen LogP contribution < -0.4 is 10.9 Å². The Morgan fingerprint density at radius 2 is 1.80 bits per heavy atom. The maximum Gasteiger partial charge on any atom is 0.327 e. The third kappa shape index (κ3) is 6.13. The van der Waals surface area contributed by atoms with Gasteiger partial charge in [0.15, 0.2) is 0 Å². The Kier molecular flexibility index (Phi) is 9.48. The first-order valence-corrected chi connectivity index (χ1v) is 15.9. The lowest BCUT2D eigenvalue weighted by atomic mass is 9.99. The van der Waals surface area contributed by atoms with Crippen molar-refractivity contribution in [3.8, 4) is 27.5 Å². The Balaban J connectivity index is 1.84. The van der Waals surface area contributed by atoms with E-state index in [0.29, 0.717) is 40.8 Å². The van der Waals surface area contributed by atoms with Gasteiger partial charge in [0.2, 0.25) is 0 Å². The highest BCUT2D eigenvalue weighted by Crippen LogP contribution is 2.32. The number of hydrogen-bond acceptors (Lipinski definition) is 6. The van der Waals surface area contributed by atoms with E-state index in [1.54, 1.807) is 22.8 Å². The third-order valence-electron chi connectivity index (χ3n) is 7.75. The van der Waals surface area contributed by atoms with E-state index >= 15 is 0 Å². The molecule has 2 aromatic carbocycles. The molecule has 0 spiro atoms. The van der Waals surface area contributed by atoms with Crippen molar-refractivity contribution < 1.29 is 14.7 Å². The van der Waals surface area contributed by atoms with Crippen molar-refractivity contribution in [2.45, 2.75) is 46.6 Å². The lowest BCUT2D eigenvalue weighted by Gasteiger charge is -2.34. The largest absolute Gasteiger partial charge is 0.480 e. The number of halogens is 1. The van der Waals surface area contributed by atoms with Crippen LogP contribution in [0, 0.1) is 0 Å². The van der Waals surface area contributed by atoms with Crippen molar-refractivity contribution in [3.63, 3.8) is 0 Å². The van der Waals surface area contributed by atoms with Gasteiger partial charge in [0.05, 0.1) is 28.2 Å². The summed E-state index contributed by atoms with van der Waals surface area (Å²) < 4.78 is 1.65. The number of aromatic nitrogens is 2. The number of amides is 1. The van der Waals surface area contributed by atoms with Gasteiger partial charge in [0.25, 0.3) is 11.5 Å². The van der Waals surface area contributed by atoms with Crippen molar-refractivity contribution >= 4 is 40.9 Å². The SMILES string of the molecule is CCc1cccc(CC)c1-n1c(C=C(C)C)c(C(=O)N2CCNCC2C(=O)O)cc(-c2nc(-c3ccc(Cl)cc3)cs2)c1=O. The first kappa shape index (κ1) is 31.4. The number of rotatable bonds is 8. The summed E-state index contributed by atoms with van der Waals surface area (Å²) in [6, 6.07) is 13.9. The van der Waals surface area contributed by atoms with Gasteiger partial charge in [-0.3, -0.25) is 14.2 Å². The molecule has 4 aromatic rings. The standard InChI is InChI=1S/C34H35ClN4O4S/c1-5-21-8-7-9-22(6-2)30(21)39-28(16-20(3)4)25(32(40)38-15-14-36-18-29(38)34(42)43)17-26(33(39)41)31-37-27(19-44-31)23-10-12-24(35)13-11-23/h7-13,16-17,19,29,36H,5-6,14-15,18H2,1-4H3,(H,42,43). The van der Waals surface area contributed by atoms with Gasteiger partial charge in [-0.15, -0.1) is 11.3 Å². The van der Waals surface area contributed by atoms with Gasteiger partial charge in [-0.05, 0) is 62.1 Å². The average molecular weight is 631 g/mol. The second-order valence-electron chi connectivity index (χ2n) is 11.0. The molecule has 0 aliphatic carbocycles. The van der Waals surface area contributed by atoms with Crippen molar-refractivity contribution in [3.05, 3.63) is 97.2 Å². The summed E-state index contributed by atoms with van der Waals surface area (Å²) >= 11 is 7.41. The third-order valence-corrected chi connectivity index (χ3v) is 8.87. The summed E-state index contributed by atoms with van der Waals surface area (Å²) in [6.45, 7) is 8.73. The number of nitrogens with zero attached hydrogens (tertiary/aromatic N) is 3. The van der Waals surface area contributed by atoms with Gasteiger partial charge in [-0.2, -0.15) is 0 Å². The topological polar surface area (TPSA) is 105 Å². The predicted octanol–water partition coefficient (Wildman–Crippen LogP) is 6.33. The van der Waals surface area contributed by atoms with Gasteiger partial charge < -0.3 is 15.3 Å². The molecule has 3 heterocycles. The number of aliphatic carboxylic acids is 1. The number of carboxylic acid groups (broad SMARTS) is 1. The first-order chi connectivity index (χ1) is 21.1. The lowest BCUT2D eigenvalue weighted by Crippen LogP contribution is -2.57. The molecule has 1 aliphatic rings. The normalized spacial score (nSPS) is 14.8.